The largest absolute Gasteiger partial charge is 0.478 e. The first-order valence-electron chi connectivity index (χ1n) is 7.20. The molecule has 2 aliphatic rings. The number of para-hydroxylation sites is 1. The lowest BCUT2D eigenvalue weighted by Crippen LogP contribution is -2.67. The average molecular weight is 308 g/mol. The summed E-state index contributed by atoms with van der Waals surface area (Å²) in [6.45, 7) is 2.88. The summed E-state index contributed by atoms with van der Waals surface area (Å²) in [6.07, 6.45) is -0.782. The molecule has 0 bridgehead atoms. The van der Waals surface area contributed by atoms with E-state index >= 15 is 0 Å². The third-order valence-corrected chi connectivity index (χ3v) is 3.89. The van der Waals surface area contributed by atoms with Crippen LogP contribution in [0.25, 0.3) is 0 Å². The molecular formula is C15H17FN2O4. The summed E-state index contributed by atoms with van der Waals surface area (Å²) in [5, 5.41) is 2.58. The minimum atomic E-state index is -0.751. The number of likely N-dealkylation sites (tertiary alicyclic amines) is 1. The molecule has 0 aromatic heterocycles. The van der Waals surface area contributed by atoms with E-state index in [-0.39, 0.29) is 11.7 Å². The molecule has 2 aliphatic heterocycles. The smallest absolute Gasteiger partial charge is 0.408 e. The van der Waals surface area contributed by atoms with E-state index in [0.29, 0.717) is 26.1 Å². The molecule has 1 atom stereocenters. The first-order valence-corrected chi connectivity index (χ1v) is 7.20. The van der Waals surface area contributed by atoms with E-state index in [1.807, 2.05) is 0 Å². The zero-order valence-electron chi connectivity index (χ0n) is 12.2. The molecule has 3 rings (SSSR count). The van der Waals surface area contributed by atoms with Crippen molar-refractivity contribution in [3.63, 3.8) is 0 Å². The van der Waals surface area contributed by atoms with Crippen LogP contribution >= 0.6 is 0 Å². The van der Waals surface area contributed by atoms with Gasteiger partial charge in [-0.2, -0.15) is 0 Å². The summed E-state index contributed by atoms with van der Waals surface area (Å²) in [7, 11) is 0. The second-order valence-corrected chi connectivity index (χ2v) is 5.57. The number of carbonyl (C=O) groups is 2. The molecule has 2 saturated heterocycles. The van der Waals surface area contributed by atoms with Gasteiger partial charge in [-0.1, -0.05) is 19.1 Å². The highest BCUT2D eigenvalue weighted by Gasteiger charge is 2.53. The number of nitrogens with zero attached hydrogens (tertiary/aromatic N) is 1. The van der Waals surface area contributed by atoms with Crippen molar-refractivity contribution < 1.29 is 23.5 Å². The summed E-state index contributed by atoms with van der Waals surface area (Å²) < 4.78 is 24.3. The van der Waals surface area contributed by atoms with E-state index in [4.69, 9.17) is 9.47 Å². The Morgan fingerprint density at radius 3 is 2.82 bits per heavy atom. The maximum Gasteiger partial charge on any atom is 0.408 e. The number of amides is 2. The average Bonchev–Trinajstić information content (AvgIpc) is 2.86. The molecule has 0 aliphatic carbocycles. The highest BCUT2D eigenvalue weighted by molar-refractivity contribution is 5.83. The predicted molar refractivity (Wildman–Crippen MR) is 74.9 cm³/mol. The van der Waals surface area contributed by atoms with Crippen LogP contribution < -0.4 is 10.1 Å². The fourth-order valence-corrected chi connectivity index (χ4v) is 2.69. The molecular weight excluding hydrogens is 291 g/mol. The van der Waals surface area contributed by atoms with Gasteiger partial charge in [-0.3, -0.25) is 4.79 Å². The molecule has 1 aromatic rings. The molecule has 1 N–H and O–H groups in total. The van der Waals surface area contributed by atoms with Gasteiger partial charge in [-0.25, -0.2) is 9.18 Å². The zero-order valence-corrected chi connectivity index (χ0v) is 12.2. The molecule has 2 fully saturated rings. The van der Waals surface area contributed by atoms with Gasteiger partial charge < -0.3 is 19.7 Å². The molecule has 6 nitrogen and oxygen atoms in total. The number of hydrogen-bond acceptors (Lipinski definition) is 4. The molecule has 0 radical (unpaired) electrons. The molecule has 1 aromatic carbocycles. The molecule has 22 heavy (non-hydrogen) atoms. The number of benzene rings is 1. The Hall–Kier alpha value is -2.31. The van der Waals surface area contributed by atoms with Gasteiger partial charge in [0.25, 0.3) is 5.91 Å². The van der Waals surface area contributed by atoms with Crippen molar-refractivity contribution in [3.8, 4) is 5.75 Å². The van der Waals surface area contributed by atoms with Crippen molar-refractivity contribution in [2.75, 3.05) is 19.6 Å². The predicted octanol–water partition coefficient (Wildman–Crippen LogP) is 1.30. The Kier molecular flexibility index (Phi) is 3.64. The van der Waals surface area contributed by atoms with Crippen molar-refractivity contribution >= 4 is 12.0 Å². The Morgan fingerprint density at radius 2 is 2.23 bits per heavy atom. The van der Waals surface area contributed by atoms with Crippen LogP contribution in [0.5, 0.6) is 5.75 Å². The minimum absolute atomic E-state index is 0.0619. The zero-order chi connectivity index (χ0) is 15.7. The number of alkyl carbamates (subject to hydrolysis) is 1. The molecule has 0 saturated carbocycles. The normalized spacial score (nSPS) is 20.1. The van der Waals surface area contributed by atoms with Crippen molar-refractivity contribution in [2.24, 2.45) is 0 Å². The van der Waals surface area contributed by atoms with E-state index in [0.717, 1.165) is 0 Å². The Morgan fingerprint density at radius 1 is 1.50 bits per heavy atom. The number of carbonyl (C=O) groups excluding carboxylic acids is 2. The van der Waals surface area contributed by atoms with Gasteiger partial charge in [0, 0.05) is 0 Å². The lowest BCUT2D eigenvalue weighted by molar-refractivity contribution is -0.157. The van der Waals surface area contributed by atoms with Gasteiger partial charge in [-0.15, -0.1) is 0 Å². The maximum atomic E-state index is 13.6. The molecule has 7 heteroatoms. The van der Waals surface area contributed by atoms with E-state index in [9.17, 15) is 14.0 Å². The van der Waals surface area contributed by atoms with Crippen LogP contribution in [-0.2, 0) is 9.53 Å². The van der Waals surface area contributed by atoms with Crippen LogP contribution in [0.15, 0.2) is 24.3 Å². The monoisotopic (exact) mass is 308 g/mol. The first-order chi connectivity index (χ1) is 10.5. The fraction of sp³-hybridized carbons (Fsp3) is 0.467. The van der Waals surface area contributed by atoms with Gasteiger partial charge in [0.15, 0.2) is 23.3 Å². The Balaban J connectivity index is 1.61. The number of hydrogen-bond donors (Lipinski definition) is 1. The maximum absolute atomic E-state index is 13.6. The van der Waals surface area contributed by atoms with E-state index in [2.05, 4.69) is 5.32 Å². The quantitative estimate of drug-likeness (QED) is 0.910. The van der Waals surface area contributed by atoms with Gasteiger partial charge in [0.1, 0.15) is 0 Å². The Bertz CT molecular complexity index is 601. The molecule has 1 unspecified atom stereocenters. The highest BCUT2D eigenvalue weighted by atomic mass is 19.1. The number of nitrogens with one attached hydrogen (secondary N) is 1. The van der Waals surface area contributed by atoms with Gasteiger partial charge in [0.05, 0.1) is 19.6 Å². The topological polar surface area (TPSA) is 67.9 Å². The number of ether oxygens (including phenoxy) is 2. The summed E-state index contributed by atoms with van der Waals surface area (Å²) in [5.74, 6) is -0.658. The summed E-state index contributed by atoms with van der Waals surface area (Å²) >= 11 is 0. The standard InChI is InChI=1S/C15H17FN2O4/c1-2-11(21-12-6-4-3-5-10(12)16)13(19)18-8-15(9-18)7-17-14(20)22-15/h3-6,11H,2,7-9H2,1H3,(H,17,20). The third-order valence-electron chi connectivity index (χ3n) is 3.89. The summed E-state index contributed by atoms with van der Waals surface area (Å²) in [4.78, 5) is 25.1. The molecule has 118 valence electrons. The SMILES string of the molecule is CCC(Oc1ccccc1F)C(=O)N1CC2(CNC(=O)O2)C1. The van der Waals surface area contributed by atoms with Crippen molar-refractivity contribution in [3.05, 3.63) is 30.1 Å². The van der Waals surface area contributed by atoms with Crippen molar-refractivity contribution in [2.45, 2.75) is 25.0 Å². The fourth-order valence-electron chi connectivity index (χ4n) is 2.69. The molecule has 2 amide bonds. The minimum Gasteiger partial charge on any atom is -0.478 e. The van der Waals surface area contributed by atoms with Gasteiger partial charge >= 0.3 is 6.09 Å². The summed E-state index contributed by atoms with van der Waals surface area (Å²) in [5.41, 5.74) is -0.608. The third kappa shape index (κ3) is 2.58. The lowest BCUT2D eigenvalue weighted by atomic mass is 9.93. The van der Waals surface area contributed by atoms with E-state index in [1.54, 1.807) is 24.0 Å². The first kappa shape index (κ1) is 14.6. The van der Waals surface area contributed by atoms with Crippen LogP contribution in [0, 0.1) is 5.82 Å². The van der Waals surface area contributed by atoms with Gasteiger partial charge in [-0.05, 0) is 18.6 Å². The highest BCUT2D eigenvalue weighted by Crippen LogP contribution is 2.29. The summed E-state index contributed by atoms with van der Waals surface area (Å²) in [6, 6.07) is 5.99. The van der Waals surface area contributed by atoms with Crippen LogP contribution in [0.3, 0.4) is 0 Å². The van der Waals surface area contributed by atoms with Crippen LogP contribution in [0.2, 0.25) is 0 Å². The second-order valence-electron chi connectivity index (χ2n) is 5.57. The number of halogens is 1. The van der Waals surface area contributed by atoms with Gasteiger partial charge in [0.2, 0.25) is 0 Å². The van der Waals surface area contributed by atoms with Crippen LogP contribution in [0.4, 0.5) is 9.18 Å². The second kappa shape index (κ2) is 5.47. The Labute approximate surface area is 127 Å². The van der Waals surface area contributed by atoms with E-state index < -0.39 is 23.6 Å². The van der Waals surface area contributed by atoms with E-state index in [1.165, 1.54) is 12.1 Å². The van der Waals surface area contributed by atoms with Crippen molar-refractivity contribution in [1.82, 2.24) is 10.2 Å². The van der Waals surface area contributed by atoms with Crippen molar-refractivity contribution in [1.29, 1.82) is 0 Å². The molecule has 1 spiro atoms. The lowest BCUT2D eigenvalue weighted by Gasteiger charge is -2.46. The molecule has 2 heterocycles. The number of rotatable bonds is 4. The van der Waals surface area contributed by atoms with Crippen LogP contribution in [-0.4, -0.2) is 48.2 Å². The van der Waals surface area contributed by atoms with Crippen LogP contribution in [0.1, 0.15) is 13.3 Å².